The summed E-state index contributed by atoms with van der Waals surface area (Å²) in [6.07, 6.45) is 7.71. The van der Waals surface area contributed by atoms with Crippen LogP contribution in [0.5, 0.6) is 0 Å². The molecule has 0 aromatic carbocycles. The van der Waals surface area contributed by atoms with Crippen molar-refractivity contribution in [2.24, 2.45) is 0 Å². The Labute approximate surface area is 108 Å². The molecule has 4 nitrogen and oxygen atoms in total. The Balaban J connectivity index is 2.22. The lowest BCUT2D eigenvalue weighted by atomic mass is 9.80. The molecular formula is C14H22O4. The quantitative estimate of drug-likeness (QED) is 0.609. The predicted octanol–water partition coefficient (Wildman–Crippen LogP) is 1.44. The van der Waals surface area contributed by atoms with E-state index in [9.17, 15) is 5.11 Å². The fraction of sp³-hybridized carbons (Fsp3) is 0.714. The first kappa shape index (κ1) is 13.7. The third-order valence-electron chi connectivity index (χ3n) is 3.87. The van der Waals surface area contributed by atoms with Gasteiger partial charge in [0.15, 0.2) is 0 Å². The topological polar surface area (TPSA) is 51.2 Å². The lowest BCUT2D eigenvalue weighted by molar-refractivity contribution is -0.179. The van der Waals surface area contributed by atoms with Gasteiger partial charge in [-0.1, -0.05) is 18.2 Å². The average molecular weight is 254 g/mol. The van der Waals surface area contributed by atoms with Gasteiger partial charge in [-0.25, -0.2) is 0 Å². The Morgan fingerprint density at radius 1 is 1.44 bits per heavy atom. The molecule has 1 spiro atoms. The maximum absolute atomic E-state index is 10.6. The van der Waals surface area contributed by atoms with Gasteiger partial charge >= 0.3 is 0 Å². The first-order valence-corrected chi connectivity index (χ1v) is 6.40. The fourth-order valence-electron chi connectivity index (χ4n) is 2.74. The Morgan fingerprint density at radius 3 is 2.72 bits per heavy atom. The second-order valence-corrected chi connectivity index (χ2v) is 4.99. The Morgan fingerprint density at radius 2 is 2.17 bits per heavy atom. The molecule has 2 aliphatic rings. The van der Waals surface area contributed by atoms with Crippen molar-refractivity contribution in [1.29, 1.82) is 0 Å². The van der Waals surface area contributed by atoms with Gasteiger partial charge in [-0.3, -0.25) is 0 Å². The van der Waals surface area contributed by atoms with Crippen LogP contribution in [0.2, 0.25) is 0 Å². The van der Waals surface area contributed by atoms with Crippen molar-refractivity contribution in [3.8, 4) is 0 Å². The molecule has 4 unspecified atom stereocenters. The van der Waals surface area contributed by atoms with E-state index in [-0.39, 0.29) is 6.10 Å². The van der Waals surface area contributed by atoms with Crippen LogP contribution in [0.3, 0.4) is 0 Å². The highest BCUT2D eigenvalue weighted by molar-refractivity contribution is 5.22. The highest BCUT2D eigenvalue weighted by Gasteiger charge is 2.66. The number of allylic oxidation sites excluding steroid dienone is 3. The molecule has 2 heterocycles. The maximum Gasteiger partial charge on any atom is 0.138 e. The summed E-state index contributed by atoms with van der Waals surface area (Å²) in [6.45, 7) is 4.83. The van der Waals surface area contributed by atoms with E-state index in [1.54, 1.807) is 7.11 Å². The Hall–Kier alpha value is -0.680. The fourth-order valence-corrected chi connectivity index (χ4v) is 2.74. The first-order chi connectivity index (χ1) is 8.61. The zero-order valence-corrected chi connectivity index (χ0v) is 11.3. The van der Waals surface area contributed by atoms with Crippen molar-refractivity contribution in [2.45, 2.75) is 43.7 Å². The molecule has 2 aliphatic heterocycles. The van der Waals surface area contributed by atoms with Crippen LogP contribution in [-0.2, 0) is 14.2 Å². The van der Waals surface area contributed by atoms with Gasteiger partial charge < -0.3 is 19.3 Å². The van der Waals surface area contributed by atoms with E-state index in [1.807, 2.05) is 38.2 Å². The second kappa shape index (κ2) is 5.13. The third-order valence-corrected chi connectivity index (χ3v) is 3.87. The molecule has 0 saturated carbocycles. The van der Waals surface area contributed by atoms with E-state index < -0.39 is 17.3 Å². The van der Waals surface area contributed by atoms with Crippen molar-refractivity contribution in [3.63, 3.8) is 0 Å². The van der Waals surface area contributed by atoms with Gasteiger partial charge in [-0.15, -0.1) is 0 Å². The SMILES string of the molecule is CC=CC=CC1(COC)OCCC2(OC2C)C1O. The molecule has 2 fully saturated rings. The van der Waals surface area contributed by atoms with E-state index in [1.165, 1.54) is 0 Å². The highest BCUT2D eigenvalue weighted by Crippen LogP contribution is 2.49. The molecule has 1 N–H and O–H groups in total. The Bertz CT molecular complexity index is 348. The van der Waals surface area contributed by atoms with Gasteiger partial charge in [0.05, 0.1) is 19.3 Å². The minimum atomic E-state index is -0.808. The summed E-state index contributed by atoms with van der Waals surface area (Å²) in [4.78, 5) is 0. The first-order valence-electron chi connectivity index (χ1n) is 6.40. The van der Waals surface area contributed by atoms with Crippen molar-refractivity contribution in [1.82, 2.24) is 0 Å². The van der Waals surface area contributed by atoms with Gasteiger partial charge in [0.25, 0.3) is 0 Å². The number of aliphatic hydroxyl groups is 1. The van der Waals surface area contributed by atoms with Gasteiger partial charge in [0.1, 0.15) is 17.3 Å². The second-order valence-electron chi connectivity index (χ2n) is 4.99. The van der Waals surface area contributed by atoms with E-state index in [4.69, 9.17) is 14.2 Å². The number of hydrogen-bond acceptors (Lipinski definition) is 4. The van der Waals surface area contributed by atoms with Crippen molar-refractivity contribution >= 4 is 0 Å². The van der Waals surface area contributed by atoms with Crippen LogP contribution < -0.4 is 0 Å². The summed E-state index contributed by atoms with van der Waals surface area (Å²) in [6, 6.07) is 0. The number of methoxy groups -OCH3 is 1. The molecule has 2 saturated heterocycles. The number of aliphatic hydroxyl groups excluding tert-OH is 1. The van der Waals surface area contributed by atoms with Gasteiger partial charge in [-0.2, -0.15) is 0 Å². The summed E-state index contributed by atoms with van der Waals surface area (Å²) < 4.78 is 16.7. The van der Waals surface area contributed by atoms with Crippen molar-refractivity contribution in [3.05, 3.63) is 24.3 Å². The molecule has 0 aromatic heterocycles. The molecule has 0 aromatic rings. The summed E-state index contributed by atoms with van der Waals surface area (Å²) in [7, 11) is 1.61. The van der Waals surface area contributed by atoms with E-state index in [0.29, 0.717) is 13.2 Å². The van der Waals surface area contributed by atoms with Crippen molar-refractivity contribution < 1.29 is 19.3 Å². The highest BCUT2D eigenvalue weighted by atomic mass is 16.6. The smallest absolute Gasteiger partial charge is 0.138 e. The molecular weight excluding hydrogens is 232 g/mol. The molecule has 4 atom stereocenters. The van der Waals surface area contributed by atoms with Crippen LogP contribution in [0, 0.1) is 0 Å². The predicted molar refractivity (Wildman–Crippen MR) is 68.4 cm³/mol. The number of ether oxygens (including phenoxy) is 3. The minimum Gasteiger partial charge on any atom is -0.387 e. The number of rotatable bonds is 4. The zero-order valence-electron chi connectivity index (χ0n) is 11.3. The maximum atomic E-state index is 10.6. The summed E-state index contributed by atoms with van der Waals surface area (Å²) >= 11 is 0. The molecule has 4 heteroatoms. The van der Waals surface area contributed by atoms with Crippen LogP contribution in [0.4, 0.5) is 0 Å². The molecule has 18 heavy (non-hydrogen) atoms. The van der Waals surface area contributed by atoms with Crippen molar-refractivity contribution in [2.75, 3.05) is 20.3 Å². The molecule has 0 aliphatic carbocycles. The number of hydrogen-bond donors (Lipinski definition) is 1. The molecule has 2 rings (SSSR count). The molecule has 0 bridgehead atoms. The largest absolute Gasteiger partial charge is 0.387 e. The van der Waals surface area contributed by atoms with E-state index >= 15 is 0 Å². The zero-order chi connectivity index (χ0) is 13.2. The summed E-state index contributed by atoms with van der Waals surface area (Å²) in [5.41, 5.74) is -1.26. The molecule has 0 amide bonds. The van der Waals surface area contributed by atoms with Crippen LogP contribution in [0.25, 0.3) is 0 Å². The third kappa shape index (κ3) is 2.14. The summed E-state index contributed by atoms with van der Waals surface area (Å²) in [5.74, 6) is 0. The van der Waals surface area contributed by atoms with Gasteiger partial charge in [-0.05, 0) is 19.9 Å². The van der Waals surface area contributed by atoms with E-state index in [2.05, 4.69) is 0 Å². The lowest BCUT2D eigenvalue weighted by Gasteiger charge is -2.42. The van der Waals surface area contributed by atoms with Crippen LogP contribution in [0.1, 0.15) is 20.3 Å². The van der Waals surface area contributed by atoms with E-state index in [0.717, 1.165) is 6.42 Å². The lowest BCUT2D eigenvalue weighted by Crippen LogP contribution is -2.59. The van der Waals surface area contributed by atoms with Gasteiger partial charge in [0, 0.05) is 13.5 Å². The summed E-state index contributed by atoms with van der Waals surface area (Å²) in [5, 5.41) is 10.6. The van der Waals surface area contributed by atoms with Gasteiger partial charge in [0.2, 0.25) is 0 Å². The van der Waals surface area contributed by atoms with Crippen LogP contribution in [-0.4, -0.2) is 48.8 Å². The Kier molecular flexibility index (Phi) is 3.92. The molecule has 102 valence electrons. The molecule has 0 radical (unpaired) electrons. The average Bonchev–Trinajstić information content (AvgIpc) is 2.98. The monoisotopic (exact) mass is 254 g/mol. The minimum absolute atomic E-state index is 0.0859. The normalized spacial score (nSPS) is 44.2. The standard InChI is InChI=1S/C14H22O4/c1-4-5-6-7-13(10-16-3)12(15)14(8-9-17-13)11(2)18-14/h4-7,11-12,15H,8-10H2,1-3H3. The number of epoxide rings is 1. The van der Waals surface area contributed by atoms with Crippen LogP contribution >= 0.6 is 0 Å². The van der Waals surface area contributed by atoms with Crippen LogP contribution in [0.15, 0.2) is 24.3 Å².